The Morgan fingerprint density at radius 1 is 1.33 bits per heavy atom. The topological polar surface area (TPSA) is 55.4 Å². The maximum absolute atomic E-state index is 11.4. The third kappa shape index (κ3) is 4.79. The minimum atomic E-state index is -0.385. The number of aryl methyl sites for hydroxylation is 2. The van der Waals surface area contributed by atoms with Crippen molar-refractivity contribution in [3.05, 3.63) is 29.3 Å². The molecule has 0 aliphatic carbocycles. The molecule has 1 aromatic rings. The Balaban J connectivity index is 2.42. The van der Waals surface area contributed by atoms with Gasteiger partial charge < -0.3 is 10.1 Å². The molecule has 1 N–H and O–H groups in total. The quantitative estimate of drug-likeness (QED) is 0.651. The highest BCUT2D eigenvalue weighted by Gasteiger charge is 2.08. The van der Waals surface area contributed by atoms with E-state index in [4.69, 9.17) is 4.74 Å². The summed E-state index contributed by atoms with van der Waals surface area (Å²) in [7, 11) is 1.50. The van der Waals surface area contributed by atoms with Gasteiger partial charge in [-0.1, -0.05) is 17.7 Å². The summed E-state index contributed by atoms with van der Waals surface area (Å²) in [5.41, 5.74) is 2.28. The molecule has 1 amide bonds. The molecule has 0 bridgehead atoms. The number of carbonyl (C=O) groups is 2. The number of carbonyl (C=O) groups excluding carboxylic acids is 2. The van der Waals surface area contributed by atoms with Gasteiger partial charge in [0.1, 0.15) is 0 Å². The van der Waals surface area contributed by atoms with Crippen molar-refractivity contribution in [2.24, 2.45) is 0 Å². The van der Waals surface area contributed by atoms with Crippen molar-refractivity contribution < 1.29 is 14.3 Å². The molecule has 0 unspecified atom stereocenters. The predicted molar refractivity (Wildman–Crippen MR) is 71.7 cm³/mol. The third-order valence-corrected chi connectivity index (χ3v) is 3.46. The lowest BCUT2D eigenvalue weighted by molar-refractivity contribution is -0.145. The smallest absolute Gasteiger partial charge is 0.316 e. The standard InChI is InChI=1S/C13H17NO3S/c1-9-4-5-10(2)11(6-9)18-8-13(16)17-7-12(15)14-3/h4-6H,7-8H2,1-3H3,(H,14,15). The lowest BCUT2D eigenvalue weighted by Crippen LogP contribution is -2.25. The number of rotatable bonds is 5. The maximum atomic E-state index is 11.4. The van der Waals surface area contributed by atoms with Crippen LogP contribution in [0.3, 0.4) is 0 Å². The highest BCUT2D eigenvalue weighted by molar-refractivity contribution is 8.00. The second-order valence-corrected chi connectivity index (χ2v) is 4.91. The molecule has 0 atom stereocenters. The molecule has 0 saturated carbocycles. The number of thioether (sulfide) groups is 1. The zero-order valence-electron chi connectivity index (χ0n) is 10.8. The first kappa shape index (κ1) is 14.6. The number of hydrogen-bond acceptors (Lipinski definition) is 4. The van der Waals surface area contributed by atoms with E-state index >= 15 is 0 Å². The second-order valence-electron chi connectivity index (χ2n) is 3.89. The zero-order valence-corrected chi connectivity index (χ0v) is 11.6. The molecular weight excluding hydrogens is 250 g/mol. The van der Waals surface area contributed by atoms with Gasteiger partial charge in [0.2, 0.25) is 0 Å². The van der Waals surface area contributed by atoms with Crippen LogP contribution in [0.25, 0.3) is 0 Å². The molecule has 0 heterocycles. The van der Waals surface area contributed by atoms with Crippen LogP contribution in [-0.4, -0.2) is 31.3 Å². The van der Waals surface area contributed by atoms with Crippen LogP contribution >= 0.6 is 11.8 Å². The van der Waals surface area contributed by atoms with Crippen LogP contribution < -0.4 is 5.32 Å². The van der Waals surface area contributed by atoms with Gasteiger partial charge in [0.25, 0.3) is 5.91 Å². The SMILES string of the molecule is CNC(=O)COC(=O)CSc1cc(C)ccc1C. The van der Waals surface area contributed by atoms with Crippen molar-refractivity contribution in [2.75, 3.05) is 19.4 Å². The molecule has 0 aliphatic rings. The minimum absolute atomic E-state index is 0.210. The molecule has 98 valence electrons. The number of ether oxygens (including phenoxy) is 1. The van der Waals surface area contributed by atoms with Crippen LogP contribution in [-0.2, 0) is 14.3 Å². The minimum Gasteiger partial charge on any atom is -0.455 e. The predicted octanol–water partition coefficient (Wildman–Crippen LogP) is 1.68. The van der Waals surface area contributed by atoms with Crippen molar-refractivity contribution in [1.29, 1.82) is 0 Å². The number of nitrogens with one attached hydrogen (secondary N) is 1. The molecule has 1 aromatic carbocycles. The number of likely N-dealkylation sites (N-methyl/N-ethyl adjacent to an activating group) is 1. The summed E-state index contributed by atoms with van der Waals surface area (Å²) in [6.45, 7) is 3.79. The summed E-state index contributed by atoms with van der Waals surface area (Å²) < 4.78 is 4.81. The fourth-order valence-corrected chi connectivity index (χ4v) is 2.18. The highest BCUT2D eigenvalue weighted by Crippen LogP contribution is 2.23. The van der Waals surface area contributed by atoms with E-state index in [2.05, 4.69) is 5.32 Å². The van der Waals surface area contributed by atoms with E-state index in [9.17, 15) is 9.59 Å². The first-order valence-electron chi connectivity index (χ1n) is 5.59. The molecule has 0 aliphatic heterocycles. The van der Waals surface area contributed by atoms with Gasteiger partial charge in [-0.05, 0) is 25.5 Å². The molecule has 0 spiro atoms. The van der Waals surface area contributed by atoms with E-state index in [1.54, 1.807) is 0 Å². The molecule has 4 nitrogen and oxygen atoms in total. The van der Waals surface area contributed by atoms with E-state index in [0.717, 1.165) is 16.0 Å². The normalized spacial score (nSPS) is 9.94. The molecule has 1 rings (SSSR count). The molecule has 0 aromatic heterocycles. The van der Waals surface area contributed by atoms with Crippen molar-refractivity contribution >= 4 is 23.6 Å². The summed E-state index contributed by atoms with van der Waals surface area (Å²) in [5.74, 6) is -0.481. The lowest BCUT2D eigenvalue weighted by atomic mass is 10.2. The molecule has 18 heavy (non-hydrogen) atoms. The number of esters is 1. The number of benzene rings is 1. The monoisotopic (exact) mass is 267 g/mol. The molecule has 0 fully saturated rings. The van der Waals surface area contributed by atoms with Gasteiger partial charge in [0.05, 0.1) is 5.75 Å². The van der Waals surface area contributed by atoms with E-state index in [1.165, 1.54) is 18.8 Å². The highest BCUT2D eigenvalue weighted by atomic mass is 32.2. The van der Waals surface area contributed by atoms with E-state index < -0.39 is 0 Å². The summed E-state index contributed by atoms with van der Waals surface area (Å²) in [6, 6.07) is 6.09. The second kappa shape index (κ2) is 7.06. The van der Waals surface area contributed by atoms with Gasteiger partial charge in [-0.2, -0.15) is 0 Å². The van der Waals surface area contributed by atoms with Crippen molar-refractivity contribution in [3.63, 3.8) is 0 Å². The van der Waals surface area contributed by atoms with E-state index in [0.29, 0.717) is 0 Å². The molecule has 0 saturated heterocycles. The Labute approximate surface area is 111 Å². The summed E-state index contributed by atoms with van der Waals surface area (Å²) in [5, 5.41) is 2.39. The Kier molecular flexibility index (Phi) is 5.71. The fraction of sp³-hybridized carbons (Fsp3) is 0.385. The Bertz CT molecular complexity index is 446. The van der Waals surface area contributed by atoms with E-state index in [1.807, 2.05) is 32.0 Å². The van der Waals surface area contributed by atoms with Crippen molar-refractivity contribution in [1.82, 2.24) is 5.32 Å². The lowest BCUT2D eigenvalue weighted by Gasteiger charge is -2.07. The maximum Gasteiger partial charge on any atom is 0.316 e. The summed E-state index contributed by atoms with van der Waals surface area (Å²) >= 11 is 1.42. The van der Waals surface area contributed by atoms with Crippen LogP contribution in [0.4, 0.5) is 0 Å². The zero-order chi connectivity index (χ0) is 13.5. The fourth-order valence-electron chi connectivity index (χ4n) is 1.26. The largest absolute Gasteiger partial charge is 0.455 e. The van der Waals surface area contributed by atoms with Gasteiger partial charge in [-0.3, -0.25) is 9.59 Å². The van der Waals surface area contributed by atoms with Gasteiger partial charge in [-0.15, -0.1) is 11.8 Å². The first-order valence-corrected chi connectivity index (χ1v) is 6.57. The van der Waals surface area contributed by atoms with Crippen molar-refractivity contribution in [3.8, 4) is 0 Å². The average Bonchev–Trinajstić information content (AvgIpc) is 2.36. The van der Waals surface area contributed by atoms with Gasteiger partial charge in [0.15, 0.2) is 6.61 Å². The summed E-state index contributed by atoms with van der Waals surface area (Å²) in [4.78, 5) is 23.4. The van der Waals surface area contributed by atoms with Crippen LogP contribution in [0.1, 0.15) is 11.1 Å². The Hall–Kier alpha value is -1.49. The van der Waals surface area contributed by atoms with Crippen LogP contribution in [0.2, 0.25) is 0 Å². The van der Waals surface area contributed by atoms with Gasteiger partial charge in [-0.25, -0.2) is 0 Å². The summed E-state index contributed by atoms with van der Waals surface area (Å²) in [6.07, 6.45) is 0. The van der Waals surface area contributed by atoms with Gasteiger partial charge in [0, 0.05) is 11.9 Å². The molecule has 0 radical (unpaired) electrons. The van der Waals surface area contributed by atoms with Crippen LogP contribution in [0.5, 0.6) is 0 Å². The number of amides is 1. The molecule has 5 heteroatoms. The van der Waals surface area contributed by atoms with Crippen LogP contribution in [0, 0.1) is 13.8 Å². The number of hydrogen-bond donors (Lipinski definition) is 1. The Morgan fingerprint density at radius 3 is 2.72 bits per heavy atom. The van der Waals surface area contributed by atoms with Gasteiger partial charge >= 0.3 is 5.97 Å². The van der Waals surface area contributed by atoms with Crippen molar-refractivity contribution in [2.45, 2.75) is 18.7 Å². The average molecular weight is 267 g/mol. The van der Waals surface area contributed by atoms with Crippen LogP contribution in [0.15, 0.2) is 23.1 Å². The first-order chi connectivity index (χ1) is 8.52. The molecular formula is C13H17NO3S. The Morgan fingerprint density at radius 2 is 2.06 bits per heavy atom. The van der Waals surface area contributed by atoms with E-state index in [-0.39, 0.29) is 24.2 Å². The third-order valence-electron chi connectivity index (χ3n) is 2.33.